The first-order valence-corrected chi connectivity index (χ1v) is 7.80. The lowest BCUT2D eigenvalue weighted by Crippen LogP contribution is -2.03. The lowest BCUT2D eigenvalue weighted by Gasteiger charge is -2.11. The zero-order valence-electron chi connectivity index (χ0n) is 13.4. The second-order valence-electron chi connectivity index (χ2n) is 5.89. The van der Waals surface area contributed by atoms with Gasteiger partial charge in [-0.2, -0.15) is 0 Å². The number of fused-ring (bicyclic) bond motifs is 1. The molecule has 0 amide bonds. The fourth-order valence-electron chi connectivity index (χ4n) is 2.86. The second kappa shape index (κ2) is 6.42. The molecule has 23 heavy (non-hydrogen) atoms. The van der Waals surface area contributed by atoms with Crippen LogP contribution in [0.1, 0.15) is 31.0 Å². The Morgan fingerprint density at radius 1 is 1.09 bits per heavy atom. The number of halogens is 1. The second-order valence-corrected chi connectivity index (χ2v) is 5.89. The van der Waals surface area contributed by atoms with Gasteiger partial charge in [0, 0.05) is 29.7 Å². The molecule has 2 aromatic carbocycles. The quantitative estimate of drug-likeness (QED) is 0.758. The van der Waals surface area contributed by atoms with Crippen LogP contribution in [-0.4, -0.2) is 4.57 Å². The fraction of sp³-hybridized carbons (Fsp3) is 0.263. The molecule has 0 bridgehead atoms. The monoisotopic (exact) mass is 312 g/mol. The number of nitrogens with two attached hydrogens (primary N) is 1. The smallest absolute Gasteiger partial charge is 0.165 e. The van der Waals surface area contributed by atoms with E-state index in [0.29, 0.717) is 19.2 Å². The number of rotatable bonds is 5. The topological polar surface area (TPSA) is 40.2 Å². The molecule has 4 heteroatoms. The van der Waals surface area contributed by atoms with Crippen molar-refractivity contribution in [3.63, 3.8) is 0 Å². The first kappa shape index (κ1) is 15.6. The molecule has 0 radical (unpaired) electrons. The van der Waals surface area contributed by atoms with Gasteiger partial charge < -0.3 is 15.0 Å². The van der Waals surface area contributed by atoms with Gasteiger partial charge in [-0.05, 0) is 31.5 Å². The number of para-hydroxylation sites is 2. The molecule has 0 aliphatic heterocycles. The van der Waals surface area contributed by atoms with Crippen molar-refractivity contribution in [2.75, 3.05) is 0 Å². The average Bonchev–Trinajstić information content (AvgIpc) is 2.93. The van der Waals surface area contributed by atoms with Crippen LogP contribution in [0.4, 0.5) is 4.39 Å². The van der Waals surface area contributed by atoms with Crippen LogP contribution in [-0.2, 0) is 13.2 Å². The zero-order chi connectivity index (χ0) is 16.4. The molecule has 3 aromatic rings. The lowest BCUT2D eigenvalue weighted by atomic mass is 10.1. The molecule has 0 aliphatic carbocycles. The van der Waals surface area contributed by atoms with Gasteiger partial charge in [-0.3, -0.25) is 0 Å². The van der Waals surface area contributed by atoms with E-state index in [2.05, 4.69) is 30.7 Å². The normalized spacial score (nSPS) is 11.3. The number of aromatic nitrogens is 1. The van der Waals surface area contributed by atoms with Crippen LogP contribution in [0.25, 0.3) is 10.9 Å². The number of hydrogen-bond acceptors (Lipinski definition) is 2. The van der Waals surface area contributed by atoms with Crippen LogP contribution in [0, 0.1) is 5.82 Å². The number of ether oxygens (including phenoxy) is 1. The predicted octanol–water partition coefficient (Wildman–Crippen LogP) is 4.40. The first-order valence-electron chi connectivity index (χ1n) is 7.80. The van der Waals surface area contributed by atoms with Gasteiger partial charge in [-0.15, -0.1) is 0 Å². The molecule has 0 saturated heterocycles. The van der Waals surface area contributed by atoms with Gasteiger partial charge in [0.25, 0.3) is 0 Å². The Kier molecular flexibility index (Phi) is 4.35. The summed E-state index contributed by atoms with van der Waals surface area (Å²) in [5, 5.41) is 1.11. The third kappa shape index (κ3) is 2.94. The van der Waals surface area contributed by atoms with Crippen LogP contribution < -0.4 is 10.5 Å². The summed E-state index contributed by atoms with van der Waals surface area (Å²) < 4.78 is 21.6. The van der Waals surface area contributed by atoms with E-state index in [9.17, 15) is 4.39 Å². The predicted molar refractivity (Wildman–Crippen MR) is 90.9 cm³/mol. The molecule has 1 heterocycles. The van der Waals surface area contributed by atoms with Crippen LogP contribution in [0.3, 0.4) is 0 Å². The summed E-state index contributed by atoms with van der Waals surface area (Å²) in [5.41, 5.74) is 9.16. The molecule has 1 aromatic heterocycles. The highest BCUT2D eigenvalue weighted by Crippen LogP contribution is 2.29. The van der Waals surface area contributed by atoms with Gasteiger partial charge in [0.1, 0.15) is 6.61 Å². The summed E-state index contributed by atoms with van der Waals surface area (Å²) in [7, 11) is 0. The van der Waals surface area contributed by atoms with E-state index in [1.165, 1.54) is 6.07 Å². The molecule has 120 valence electrons. The van der Waals surface area contributed by atoms with Gasteiger partial charge >= 0.3 is 0 Å². The summed E-state index contributed by atoms with van der Waals surface area (Å²) in [6.07, 6.45) is 2.08. The third-order valence-electron chi connectivity index (χ3n) is 4.01. The van der Waals surface area contributed by atoms with Crippen molar-refractivity contribution in [3.05, 3.63) is 65.6 Å². The average molecular weight is 312 g/mol. The Labute approximate surface area is 135 Å². The summed E-state index contributed by atoms with van der Waals surface area (Å²) in [5.74, 6) is -0.0735. The number of nitrogens with zero attached hydrogens (tertiary/aromatic N) is 1. The standard InChI is InChI=1S/C19H21FN2O/c1-13(2)22-11-15(12-23-18-9-4-3-8-17(18)20)16-7-5-6-14(10-21)19(16)22/h3-9,11,13H,10,12,21H2,1-2H3. The molecule has 0 saturated carbocycles. The van der Waals surface area contributed by atoms with E-state index in [1.807, 2.05) is 12.1 Å². The highest BCUT2D eigenvalue weighted by Gasteiger charge is 2.14. The van der Waals surface area contributed by atoms with E-state index in [0.717, 1.165) is 22.0 Å². The molecule has 0 spiro atoms. The molecule has 3 nitrogen and oxygen atoms in total. The zero-order valence-corrected chi connectivity index (χ0v) is 13.4. The van der Waals surface area contributed by atoms with Gasteiger partial charge in [0.05, 0.1) is 5.52 Å². The van der Waals surface area contributed by atoms with Crippen molar-refractivity contribution >= 4 is 10.9 Å². The Balaban J connectivity index is 2.00. The third-order valence-corrected chi connectivity index (χ3v) is 4.01. The summed E-state index contributed by atoms with van der Waals surface area (Å²) >= 11 is 0. The van der Waals surface area contributed by atoms with Crippen molar-refractivity contribution in [2.45, 2.75) is 33.0 Å². The van der Waals surface area contributed by atoms with Crippen molar-refractivity contribution in [1.29, 1.82) is 0 Å². The highest BCUT2D eigenvalue weighted by atomic mass is 19.1. The maximum Gasteiger partial charge on any atom is 0.165 e. The van der Waals surface area contributed by atoms with Crippen molar-refractivity contribution < 1.29 is 9.13 Å². The maximum absolute atomic E-state index is 13.7. The first-order chi connectivity index (χ1) is 11.1. The minimum absolute atomic E-state index is 0.271. The van der Waals surface area contributed by atoms with Gasteiger partial charge in [-0.1, -0.05) is 30.3 Å². The summed E-state index contributed by atoms with van der Waals surface area (Å²) in [6, 6.07) is 12.9. The Morgan fingerprint density at radius 2 is 1.87 bits per heavy atom. The molecule has 0 aliphatic rings. The molecule has 0 fully saturated rings. The van der Waals surface area contributed by atoms with E-state index in [1.54, 1.807) is 18.2 Å². The number of hydrogen-bond donors (Lipinski definition) is 1. The van der Waals surface area contributed by atoms with Crippen LogP contribution >= 0.6 is 0 Å². The summed E-state index contributed by atoms with van der Waals surface area (Å²) in [6.45, 7) is 5.08. The van der Waals surface area contributed by atoms with Gasteiger partial charge in [-0.25, -0.2) is 4.39 Å². The van der Waals surface area contributed by atoms with E-state index in [4.69, 9.17) is 10.5 Å². The van der Waals surface area contributed by atoms with Crippen molar-refractivity contribution in [1.82, 2.24) is 4.57 Å². The molecular formula is C19H21FN2O. The van der Waals surface area contributed by atoms with E-state index < -0.39 is 0 Å². The van der Waals surface area contributed by atoms with Gasteiger partial charge in [0.2, 0.25) is 0 Å². The fourth-order valence-corrected chi connectivity index (χ4v) is 2.86. The summed E-state index contributed by atoms with van der Waals surface area (Å²) in [4.78, 5) is 0. The lowest BCUT2D eigenvalue weighted by molar-refractivity contribution is 0.291. The van der Waals surface area contributed by atoms with Crippen LogP contribution in [0.2, 0.25) is 0 Å². The van der Waals surface area contributed by atoms with Gasteiger partial charge in [0.15, 0.2) is 11.6 Å². The SMILES string of the molecule is CC(C)n1cc(COc2ccccc2F)c2cccc(CN)c21. The highest BCUT2D eigenvalue weighted by molar-refractivity contribution is 5.87. The largest absolute Gasteiger partial charge is 0.486 e. The number of benzene rings is 2. The Hall–Kier alpha value is -2.33. The van der Waals surface area contributed by atoms with Crippen LogP contribution in [0.5, 0.6) is 5.75 Å². The van der Waals surface area contributed by atoms with Crippen molar-refractivity contribution in [3.8, 4) is 5.75 Å². The molecule has 3 rings (SSSR count). The maximum atomic E-state index is 13.7. The Morgan fingerprint density at radius 3 is 2.57 bits per heavy atom. The van der Waals surface area contributed by atoms with Crippen molar-refractivity contribution in [2.24, 2.45) is 5.73 Å². The van der Waals surface area contributed by atoms with Crippen LogP contribution in [0.15, 0.2) is 48.7 Å². The minimum atomic E-state index is -0.345. The van der Waals surface area contributed by atoms with E-state index >= 15 is 0 Å². The molecule has 2 N–H and O–H groups in total. The minimum Gasteiger partial charge on any atom is -0.486 e. The van der Waals surface area contributed by atoms with E-state index in [-0.39, 0.29) is 11.6 Å². The molecular weight excluding hydrogens is 291 g/mol. The molecule has 0 unspecified atom stereocenters. The molecule has 0 atom stereocenters. The Bertz CT molecular complexity index is 823.